The molecule has 0 saturated heterocycles. The summed E-state index contributed by atoms with van der Waals surface area (Å²) in [5.41, 5.74) is 6.86. The Labute approximate surface area is 131 Å². The van der Waals surface area contributed by atoms with Crippen LogP contribution < -0.4 is 5.73 Å². The van der Waals surface area contributed by atoms with Crippen molar-refractivity contribution in [3.8, 4) is 0 Å². The van der Waals surface area contributed by atoms with E-state index >= 15 is 0 Å². The second kappa shape index (κ2) is 7.14. The standard InChI is InChI=1S/C16H24ClN3O/c1-19(2)9-10-20(13-5-3-4-6-13)16(21)12-7-8-15(18)14(17)11-12/h7-8,11,13H,3-6,9-10,18H2,1-2H3. The van der Waals surface area contributed by atoms with Crippen LogP contribution in [-0.4, -0.2) is 48.9 Å². The molecule has 0 spiro atoms. The molecule has 1 fully saturated rings. The van der Waals surface area contributed by atoms with Gasteiger partial charge < -0.3 is 15.5 Å². The number of anilines is 1. The zero-order chi connectivity index (χ0) is 15.4. The van der Waals surface area contributed by atoms with Gasteiger partial charge in [0.1, 0.15) is 0 Å². The summed E-state index contributed by atoms with van der Waals surface area (Å²) in [7, 11) is 4.05. The van der Waals surface area contributed by atoms with E-state index in [1.165, 1.54) is 12.8 Å². The molecule has 1 amide bonds. The number of amides is 1. The van der Waals surface area contributed by atoms with Crippen molar-refractivity contribution >= 4 is 23.2 Å². The molecular weight excluding hydrogens is 286 g/mol. The molecule has 1 aliphatic carbocycles. The van der Waals surface area contributed by atoms with Gasteiger partial charge in [-0.1, -0.05) is 24.4 Å². The van der Waals surface area contributed by atoms with E-state index in [0.717, 1.165) is 25.9 Å². The second-order valence-corrected chi connectivity index (χ2v) is 6.38. The van der Waals surface area contributed by atoms with Gasteiger partial charge in [0.2, 0.25) is 0 Å². The predicted molar refractivity (Wildman–Crippen MR) is 87.7 cm³/mol. The Hall–Kier alpha value is -1.26. The van der Waals surface area contributed by atoms with Crippen LogP contribution in [0.4, 0.5) is 5.69 Å². The molecule has 0 radical (unpaired) electrons. The molecule has 1 saturated carbocycles. The Morgan fingerprint density at radius 1 is 1.29 bits per heavy atom. The van der Waals surface area contributed by atoms with E-state index in [1.54, 1.807) is 18.2 Å². The monoisotopic (exact) mass is 309 g/mol. The summed E-state index contributed by atoms with van der Waals surface area (Å²) >= 11 is 6.05. The molecule has 5 heteroatoms. The number of hydrogen-bond acceptors (Lipinski definition) is 3. The number of carbonyl (C=O) groups excluding carboxylic acids is 1. The summed E-state index contributed by atoms with van der Waals surface area (Å²) in [6, 6.07) is 5.50. The Morgan fingerprint density at radius 3 is 2.52 bits per heavy atom. The van der Waals surface area contributed by atoms with Crippen LogP contribution in [0.2, 0.25) is 5.02 Å². The molecule has 21 heavy (non-hydrogen) atoms. The minimum Gasteiger partial charge on any atom is -0.398 e. The molecular formula is C16H24ClN3O. The molecule has 1 aliphatic rings. The van der Waals surface area contributed by atoms with Crippen LogP contribution in [0.1, 0.15) is 36.0 Å². The Bertz CT molecular complexity index is 498. The molecule has 116 valence electrons. The molecule has 0 bridgehead atoms. The molecule has 1 aromatic rings. The van der Waals surface area contributed by atoms with Crippen LogP contribution in [0.5, 0.6) is 0 Å². The predicted octanol–water partition coefficient (Wildman–Crippen LogP) is 2.87. The van der Waals surface area contributed by atoms with Gasteiger partial charge in [-0.25, -0.2) is 0 Å². The Balaban J connectivity index is 2.17. The van der Waals surface area contributed by atoms with Gasteiger partial charge >= 0.3 is 0 Å². The Morgan fingerprint density at radius 2 is 1.95 bits per heavy atom. The van der Waals surface area contributed by atoms with Gasteiger partial charge in [-0.3, -0.25) is 4.79 Å². The molecule has 0 unspecified atom stereocenters. The molecule has 0 heterocycles. The minimum absolute atomic E-state index is 0.0608. The summed E-state index contributed by atoms with van der Waals surface area (Å²) in [4.78, 5) is 16.9. The quantitative estimate of drug-likeness (QED) is 0.851. The highest BCUT2D eigenvalue weighted by molar-refractivity contribution is 6.33. The normalized spacial score (nSPS) is 15.6. The number of nitrogens with zero attached hydrogens (tertiary/aromatic N) is 2. The van der Waals surface area contributed by atoms with Crippen LogP contribution in [0, 0.1) is 0 Å². The number of rotatable bonds is 5. The molecule has 0 aliphatic heterocycles. The second-order valence-electron chi connectivity index (χ2n) is 5.98. The van der Waals surface area contributed by atoms with E-state index in [0.29, 0.717) is 22.3 Å². The van der Waals surface area contributed by atoms with Crippen molar-refractivity contribution in [1.82, 2.24) is 9.80 Å². The number of nitrogen functional groups attached to an aromatic ring is 1. The van der Waals surface area contributed by atoms with Gasteiger partial charge in [-0.05, 0) is 45.1 Å². The SMILES string of the molecule is CN(C)CCN(C(=O)c1ccc(N)c(Cl)c1)C1CCCC1. The lowest BCUT2D eigenvalue weighted by atomic mass is 10.1. The summed E-state index contributed by atoms with van der Waals surface area (Å²) in [6.07, 6.45) is 4.61. The van der Waals surface area contributed by atoms with Crippen LogP contribution in [-0.2, 0) is 0 Å². The Kier molecular flexibility index (Phi) is 5.48. The number of hydrogen-bond donors (Lipinski definition) is 1. The highest BCUT2D eigenvalue weighted by Crippen LogP contribution is 2.26. The van der Waals surface area contributed by atoms with Crippen LogP contribution in [0.3, 0.4) is 0 Å². The lowest BCUT2D eigenvalue weighted by molar-refractivity contribution is 0.0667. The van der Waals surface area contributed by atoms with E-state index in [-0.39, 0.29) is 5.91 Å². The first-order chi connectivity index (χ1) is 9.99. The molecule has 2 N–H and O–H groups in total. The molecule has 1 aromatic carbocycles. The van der Waals surface area contributed by atoms with E-state index in [9.17, 15) is 4.79 Å². The summed E-state index contributed by atoms with van der Waals surface area (Å²) < 4.78 is 0. The number of likely N-dealkylation sites (N-methyl/N-ethyl adjacent to an activating group) is 1. The van der Waals surface area contributed by atoms with Crippen molar-refractivity contribution < 1.29 is 4.79 Å². The first-order valence-electron chi connectivity index (χ1n) is 7.50. The zero-order valence-corrected chi connectivity index (χ0v) is 13.6. The first kappa shape index (κ1) is 16.1. The van der Waals surface area contributed by atoms with E-state index < -0.39 is 0 Å². The van der Waals surface area contributed by atoms with Gasteiger partial charge in [0, 0.05) is 24.7 Å². The van der Waals surface area contributed by atoms with Gasteiger partial charge in [-0.2, -0.15) is 0 Å². The van der Waals surface area contributed by atoms with E-state index in [1.807, 2.05) is 19.0 Å². The number of halogens is 1. The topological polar surface area (TPSA) is 49.6 Å². The molecule has 0 atom stereocenters. The van der Waals surface area contributed by atoms with Crippen molar-refractivity contribution in [2.75, 3.05) is 32.9 Å². The minimum atomic E-state index is 0.0608. The van der Waals surface area contributed by atoms with Crippen LogP contribution in [0.15, 0.2) is 18.2 Å². The highest BCUT2D eigenvalue weighted by Gasteiger charge is 2.27. The highest BCUT2D eigenvalue weighted by atomic mass is 35.5. The third-order valence-corrected chi connectivity index (χ3v) is 4.39. The lowest BCUT2D eigenvalue weighted by Gasteiger charge is -2.30. The van der Waals surface area contributed by atoms with Gasteiger partial charge in [0.05, 0.1) is 10.7 Å². The molecule has 2 rings (SSSR count). The first-order valence-corrected chi connectivity index (χ1v) is 7.87. The number of carbonyl (C=O) groups is 1. The molecule has 0 aromatic heterocycles. The average molecular weight is 310 g/mol. The largest absolute Gasteiger partial charge is 0.398 e. The summed E-state index contributed by atoms with van der Waals surface area (Å²) in [5, 5.41) is 0.444. The third-order valence-electron chi connectivity index (χ3n) is 4.06. The van der Waals surface area contributed by atoms with Crippen molar-refractivity contribution in [3.05, 3.63) is 28.8 Å². The van der Waals surface area contributed by atoms with Crippen molar-refractivity contribution in [2.24, 2.45) is 0 Å². The van der Waals surface area contributed by atoms with Crippen LogP contribution in [0.25, 0.3) is 0 Å². The van der Waals surface area contributed by atoms with Crippen LogP contribution >= 0.6 is 11.6 Å². The molecule has 4 nitrogen and oxygen atoms in total. The zero-order valence-electron chi connectivity index (χ0n) is 12.8. The van der Waals surface area contributed by atoms with Crippen molar-refractivity contribution in [2.45, 2.75) is 31.7 Å². The van der Waals surface area contributed by atoms with E-state index in [4.69, 9.17) is 17.3 Å². The fourth-order valence-electron chi connectivity index (χ4n) is 2.80. The average Bonchev–Trinajstić information content (AvgIpc) is 2.95. The lowest BCUT2D eigenvalue weighted by Crippen LogP contribution is -2.42. The van der Waals surface area contributed by atoms with Crippen molar-refractivity contribution in [1.29, 1.82) is 0 Å². The maximum Gasteiger partial charge on any atom is 0.254 e. The van der Waals surface area contributed by atoms with Gasteiger partial charge in [0.15, 0.2) is 0 Å². The smallest absolute Gasteiger partial charge is 0.254 e. The number of benzene rings is 1. The van der Waals surface area contributed by atoms with Gasteiger partial charge in [-0.15, -0.1) is 0 Å². The van der Waals surface area contributed by atoms with Gasteiger partial charge in [0.25, 0.3) is 5.91 Å². The third kappa shape index (κ3) is 4.11. The fraction of sp³-hybridized carbons (Fsp3) is 0.562. The van der Waals surface area contributed by atoms with Crippen molar-refractivity contribution in [3.63, 3.8) is 0 Å². The fourth-order valence-corrected chi connectivity index (χ4v) is 2.98. The maximum absolute atomic E-state index is 12.8. The summed E-state index contributed by atoms with van der Waals surface area (Å²) in [6.45, 7) is 1.61. The maximum atomic E-state index is 12.8. The summed E-state index contributed by atoms with van der Waals surface area (Å²) in [5.74, 6) is 0.0608. The number of nitrogens with two attached hydrogens (primary N) is 1. The van der Waals surface area contributed by atoms with E-state index in [2.05, 4.69) is 4.90 Å².